The summed E-state index contributed by atoms with van der Waals surface area (Å²) in [6.07, 6.45) is 5.54. The molecule has 0 radical (unpaired) electrons. The monoisotopic (exact) mass is 293 g/mol. The van der Waals surface area contributed by atoms with Gasteiger partial charge >= 0.3 is 0 Å². The summed E-state index contributed by atoms with van der Waals surface area (Å²) in [5, 5.41) is 13.5. The van der Waals surface area contributed by atoms with Crippen LogP contribution in [-0.4, -0.2) is 60.5 Å². The van der Waals surface area contributed by atoms with Gasteiger partial charge in [0.2, 0.25) is 0 Å². The molecule has 2 unspecified atom stereocenters. The van der Waals surface area contributed by atoms with E-state index in [1.165, 1.54) is 5.56 Å². The van der Waals surface area contributed by atoms with E-state index in [-0.39, 0.29) is 6.10 Å². The second-order valence-electron chi connectivity index (χ2n) is 5.85. The van der Waals surface area contributed by atoms with Crippen LogP contribution in [0.2, 0.25) is 0 Å². The van der Waals surface area contributed by atoms with E-state index >= 15 is 0 Å². The number of hydrogen-bond donors (Lipinski definition) is 2. The van der Waals surface area contributed by atoms with Crippen LogP contribution in [0.1, 0.15) is 31.4 Å². The first-order valence-corrected chi connectivity index (χ1v) is 7.74. The molecule has 5 heteroatoms. The molecule has 21 heavy (non-hydrogen) atoms. The zero-order valence-electron chi connectivity index (χ0n) is 13.0. The fourth-order valence-corrected chi connectivity index (χ4v) is 2.93. The predicted molar refractivity (Wildman–Crippen MR) is 83.1 cm³/mol. The molecule has 5 nitrogen and oxygen atoms in total. The van der Waals surface area contributed by atoms with Gasteiger partial charge in [-0.1, -0.05) is 0 Å². The fraction of sp³-hybridized carbons (Fsp3) is 0.688. The van der Waals surface area contributed by atoms with Crippen molar-refractivity contribution in [1.29, 1.82) is 0 Å². The van der Waals surface area contributed by atoms with E-state index in [4.69, 9.17) is 4.74 Å². The van der Waals surface area contributed by atoms with Gasteiger partial charge in [0.15, 0.2) is 0 Å². The molecule has 0 aromatic carbocycles. The molecule has 1 fully saturated rings. The van der Waals surface area contributed by atoms with Crippen molar-refractivity contribution in [2.45, 2.75) is 38.0 Å². The maximum Gasteiger partial charge on any atom is 0.0900 e. The maximum atomic E-state index is 9.77. The molecule has 0 aliphatic carbocycles. The van der Waals surface area contributed by atoms with Crippen molar-refractivity contribution in [3.63, 3.8) is 0 Å². The van der Waals surface area contributed by atoms with Crippen LogP contribution in [0, 0.1) is 0 Å². The number of piperidine rings is 1. The smallest absolute Gasteiger partial charge is 0.0900 e. The molecular weight excluding hydrogens is 266 g/mol. The zero-order valence-corrected chi connectivity index (χ0v) is 13.0. The van der Waals surface area contributed by atoms with Gasteiger partial charge in [-0.25, -0.2) is 0 Å². The lowest BCUT2D eigenvalue weighted by Gasteiger charge is -2.34. The normalized spacial score (nSPS) is 20.3. The number of likely N-dealkylation sites (tertiary alicyclic amines) is 1. The lowest BCUT2D eigenvalue weighted by atomic mass is 10.0. The summed E-state index contributed by atoms with van der Waals surface area (Å²) in [5.41, 5.74) is 1.28. The number of nitrogens with zero attached hydrogens (tertiary/aromatic N) is 2. The van der Waals surface area contributed by atoms with Crippen LogP contribution in [0.4, 0.5) is 0 Å². The highest BCUT2D eigenvalue weighted by Crippen LogP contribution is 2.17. The summed E-state index contributed by atoms with van der Waals surface area (Å²) in [7, 11) is 1.62. The lowest BCUT2D eigenvalue weighted by Crippen LogP contribution is -2.46. The topological polar surface area (TPSA) is 57.6 Å². The van der Waals surface area contributed by atoms with Gasteiger partial charge in [-0.05, 0) is 50.6 Å². The van der Waals surface area contributed by atoms with Gasteiger partial charge in [-0.3, -0.25) is 4.98 Å². The number of hydrogen-bond acceptors (Lipinski definition) is 5. The van der Waals surface area contributed by atoms with E-state index in [0.717, 1.165) is 25.9 Å². The number of aliphatic hydroxyl groups is 1. The molecule has 0 saturated carbocycles. The first-order chi connectivity index (χ1) is 10.2. The van der Waals surface area contributed by atoms with E-state index in [9.17, 15) is 5.11 Å². The lowest BCUT2D eigenvalue weighted by molar-refractivity contribution is 0.0308. The van der Waals surface area contributed by atoms with Crippen LogP contribution >= 0.6 is 0 Å². The highest BCUT2D eigenvalue weighted by Gasteiger charge is 2.22. The summed E-state index contributed by atoms with van der Waals surface area (Å²) in [6, 6.07) is 5.02. The average Bonchev–Trinajstić information content (AvgIpc) is 2.50. The van der Waals surface area contributed by atoms with Crippen molar-refractivity contribution in [3.05, 3.63) is 30.1 Å². The Morgan fingerprint density at radius 3 is 2.67 bits per heavy atom. The number of methoxy groups -OCH3 is 1. The predicted octanol–water partition coefficient (Wildman–Crippen LogP) is 1.20. The Morgan fingerprint density at radius 1 is 1.38 bits per heavy atom. The number of aliphatic hydroxyl groups excluding tert-OH is 1. The summed E-state index contributed by atoms with van der Waals surface area (Å²) in [6.45, 7) is 5.38. The molecule has 2 rings (SSSR count). The Kier molecular flexibility index (Phi) is 6.57. The molecule has 1 aromatic heterocycles. The minimum atomic E-state index is -0.379. The van der Waals surface area contributed by atoms with E-state index in [2.05, 4.69) is 34.3 Å². The molecule has 2 N–H and O–H groups in total. The van der Waals surface area contributed by atoms with Crippen LogP contribution in [0.15, 0.2) is 24.5 Å². The summed E-state index contributed by atoms with van der Waals surface area (Å²) < 4.78 is 4.97. The van der Waals surface area contributed by atoms with Gasteiger partial charge in [-0.2, -0.15) is 0 Å². The van der Waals surface area contributed by atoms with Gasteiger partial charge in [0.25, 0.3) is 0 Å². The molecule has 0 bridgehead atoms. The molecule has 1 aliphatic heterocycles. The number of ether oxygens (including phenoxy) is 1. The van der Waals surface area contributed by atoms with Crippen molar-refractivity contribution in [1.82, 2.24) is 15.2 Å². The second kappa shape index (κ2) is 8.44. The van der Waals surface area contributed by atoms with Crippen molar-refractivity contribution in [2.75, 3.05) is 33.4 Å². The third-order valence-corrected chi connectivity index (χ3v) is 4.11. The summed E-state index contributed by atoms with van der Waals surface area (Å²) in [5.74, 6) is 0. The van der Waals surface area contributed by atoms with E-state index in [1.54, 1.807) is 7.11 Å². The number of aromatic nitrogens is 1. The van der Waals surface area contributed by atoms with Gasteiger partial charge in [0.1, 0.15) is 0 Å². The minimum Gasteiger partial charge on any atom is -0.389 e. The largest absolute Gasteiger partial charge is 0.389 e. The molecule has 2 heterocycles. The molecule has 1 saturated heterocycles. The molecule has 118 valence electrons. The molecular formula is C16H27N3O2. The van der Waals surface area contributed by atoms with Gasteiger partial charge in [0.05, 0.1) is 12.7 Å². The van der Waals surface area contributed by atoms with Crippen molar-refractivity contribution in [3.8, 4) is 0 Å². The third-order valence-electron chi connectivity index (χ3n) is 4.11. The van der Waals surface area contributed by atoms with Crippen molar-refractivity contribution >= 4 is 0 Å². The van der Waals surface area contributed by atoms with Gasteiger partial charge < -0.3 is 20.1 Å². The first kappa shape index (κ1) is 16.4. The number of pyridine rings is 1. The van der Waals surface area contributed by atoms with E-state index < -0.39 is 0 Å². The first-order valence-electron chi connectivity index (χ1n) is 7.74. The average molecular weight is 293 g/mol. The number of β-amino-alcohol motifs (C(OH)–C–C–N with tert-alkyl or cyclic N) is 1. The standard InChI is InChI=1S/C16H27N3O2/c1-13(14-3-7-17-8-4-14)18-15-5-9-19(10-6-15)11-16(20)12-21-2/h3-4,7-8,13,15-16,18,20H,5-6,9-12H2,1-2H3. The van der Waals surface area contributed by atoms with Crippen LogP contribution in [0.3, 0.4) is 0 Å². The Bertz CT molecular complexity index is 394. The quantitative estimate of drug-likeness (QED) is 0.791. The van der Waals surface area contributed by atoms with Crippen LogP contribution in [0.5, 0.6) is 0 Å². The summed E-state index contributed by atoms with van der Waals surface area (Å²) in [4.78, 5) is 6.38. The number of nitrogens with one attached hydrogen (secondary N) is 1. The highest BCUT2D eigenvalue weighted by molar-refractivity contribution is 5.14. The second-order valence-corrected chi connectivity index (χ2v) is 5.85. The minimum absolute atomic E-state index is 0.351. The van der Waals surface area contributed by atoms with E-state index in [1.807, 2.05) is 12.4 Å². The van der Waals surface area contributed by atoms with Crippen LogP contribution in [0.25, 0.3) is 0 Å². The molecule has 0 amide bonds. The van der Waals surface area contributed by atoms with Crippen molar-refractivity contribution in [2.24, 2.45) is 0 Å². The third kappa shape index (κ3) is 5.36. The Hall–Kier alpha value is -1.01. The molecule has 1 aromatic rings. The molecule has 2 atom stereocenters. The zero-order chi connectivity index (χ0) is 15.1. The van der Waals surface area contributed by atoms with E-state index in [0.29, 0.717) is 25.2 Å². The fourth-order valence-electron chi connectivity index (χ4n) is 2.93. The Morgan fingerprint density at radius 2 is 2.05 bits per heavy atom. The van der Waals surface area contributed by atoms with Gasteiger partial charge in [0, 0.05) is 38.1 Å². The SMILES string of the molecule is COCC(O)CN1CCC(NC(C)c2ccncc2)CC1. The summed E-state index contributed by atoms with van der Waals surface area (Å²) >= 11 is 0. The highest BCUT2D eigenvalue weighted by atomic mass is 16.5. The van der Waals surface area contributed by atoms with Crippen LogP contribution < -0.4 is 5.32 Å². The molecule has 1 aliphatic rings. The Balaban J connectivity index is 1.72. The van der Waals surface area contributed by atoms with Crippen molar-refractivity contribution < 1.29 is 9.84 Å². The number of rotatable bonds is 7. The van der Waals surface area contributed by atoms with Crippen LogP contribution in [-0.2, 0) is 4.74 Å². The van der Waals surface area contributed by atoms with Gasteiger partial charge in [-0.15, -0.1) is 0 Å². The molecule has 0 spiro atoms. The Labute approximate surface area is 127 Å². The maximum absolute atomic E-state index is 9.77.